The standard InChI is InChI=1S/C29H35N3O6Si/c1-5-29(38-25(34)7-6-11-30)22-14-24-26-20(15-32(24)27(35)21(22)16-37-28(29)36)18(10-12-39(2,3)4)19-13-17(33)8-9-23(19)31-26/h8-9,13-14,33H,5-7,10-12,15-16,30H2,1-4H3. The van der Waals surface area contributed by atoms with Crippen LogP contribution in [-0.2, 0) is 44.2 Å². The maximum Gasteiger partial charge on any atom is 0.355 e. The third-order valence-corrected chi connectivity index (χ3v) is 9.51. The minimum atomic E-state index is -1.71. The van der Waals surface area contributed by atoms with Crippen LogP contribution in [0.15, 0.2) is 29.1 Å². The van der Waals surface area contributed by atoms with Crippen LogP contribution in [0.3, 0.4) is 0 Å². The topological polar surface area (TPSA) is 134 Å². The lowest BCUT2D eigenvalue weighted by Crippen LogP contribution is -2.47. The summed E-state index contributed by atoms with van der Waals surface area (Å²) in [5.74, 6) is -1.08. The number of phenolic OH excluding ortho intramolecular Hbond substituents is 1. The molecule has 0 fully saturated rings. The molecule has 10 heteroatoms. The van der Waals surface area contributed by atoms with Gasteiger partial charge in [0.2, 0.25) is 5.60 Å². The first kappa shape index (κ1) is 27.1. The number of benzene rings is 1. The third kappa shape index (κ3) is 4.65. The Balaban J connectivity index is 1.71. The van der Waals surface area contributed by atoms with Crippen LogP contribution in [0.25, 0.3) is 22.3 Å². The molecule has 0 radical (unpaired) electrons. The Bertz CT molecular complexity index is 1560. The largest absolute Gasteiger partial charge is 0.508 e. The molecule has 2 aliphatic heterocycles. The van der Waals surface area contributed by atoms with Gasteiger partial charge in [0.1, 0.15) is 12.4 Å². The average Bonchev–Trinajstić information content (AvgIpc) is 3.25. The van der Waals surface area contributed by atoms with E-state index in [4.69, 9.17) is 20.2 Å². The van der Waals surface area contributed by atoms with Crippen molar-refractivity contribution >= 4 is 30.9 Å². The molecule has 4 heterocycles. The highest BCUT2D eigenvalue weighted by Gasteiger charge is 2.50. The maximum atomic E-state index is 13.9. The van der Waals surface area contributed by atoms with Crippen LogP contribution in [0.4, 0.5) is 0 Å². The molecule has 0 amide bonds. The van der Waals surface area contributed by atoms with E-state index in [0.717, 1.165) is 34.5 Å². The molecule has 1 unspecified atom stereocenters. The molecule has 1 aromatic carbocycles. The number of ether oxygens (including phenoxy) is 2. The zero-order chi connectivity index (χ0) is 28.1. The fraction of sp³-hybridized carbons (Fsp3) is 0.448. The quantitative estimate of drug-likeness (QED) is 0.249. The van der Waals surface area contributed by atoms with E-state index in [-0.39, 0.29) is 30.8 Å². The summed E-state index contributed by atoms with van der Waals surface area (Å²) in [7, 11) is -1.40. The molecule has 0 saturated heterocycles. The molecule has 2 aliphatic rings. The van der Waals surface area contributed by atoms with Gasteiger partial charge in [0, 0.05) is 31.0 Å². The molecule has 206 valence electrons. The highest BCUT2D eigenvalue weighted by molar-refractivity contribution is 6.76. The van der Waals surface area contributed by atoms with Gasteiger partial charge in [-0.25, -0.2) is 9.78 Å². The molecule has 9 nitrogen and oxygen atoms in total. The number of nitrogens with two attached hydrogens (primary N) is 1. The van der Waals surface area contributed by atoms with Gasteiger partial charge in [-0.3, -0.25) is 9.59 Å². The molecule has 0 aliphatic carbocycles. The number of rotatable bonds is 8. The van der Waals surface area contributed by atoms with Crippen LogP contribution in [0.2, 0.25) is 25.7 Å². The average molecular weight is 550 g/mol. The van der Waals surface area contributed by atoms with Gasteiger partial charge >= 0.3 is 11.9 Å². The lowest BCUT2D eigenvalue weighted by atomic mass is 9.85. The lowest BCUT2D eigenvalue weighted by Gasteiger charge is -2.35. The van der Waals surface area contributed by atoms with Crippen molar-refractivity contribution in [3.63, 3.8) is 0 Å². The predicted octanol–water partition coefficient (Wildman–Crippen LogP) is 3.96. The molecular formula is C29H35N3O6Si. The van der Waals surface area contributed by atoms with Crippen molar-refractivity contribution < 1.29 is 24.2 Å². The van der Waals surface area contributed by atoms with Gasteiger partial charge in [-0.15, -0.1) is 0 Å². The van der Waals surface area contributed by atoms with Crippen molar-refractivity contribution in [1.29, 1.82) is 0 Å². The second kappa shape index (κ2) is 9.91. The van der Waals surface area contributed by atoms with E-state index in [1.165, 1.54) is 0 Å². The summed E-state index contributed by atoms with van der Waals surface area (Å²) in [6.07, 6.45) is 1.42. The Morgan fingerprint density at radius 2 is 2.00 bits per heavy atom. The molecule has 5 rings (SSSR count). The van der Waals surface area contributed by atoms with Crippen LogP contribution in [0.1, 0.15) is 48.4 Å². The van der Waals surface area contributed by atoms with E-state index >= 15 is 0 Å². The Morgan fingerprint density at radius 1 is 1.23 bits per heavy atom. The van der Waals surface area contributed by atoms with Crippen molar-refractivity contribution in [1.82, 2.24) is 9.55 Å². The van der Waals surface area contributed by atoms with E-state index in [9.17, 15) is 19.5 Å². The maximum absolute atomic E-state index is 13.9. The number of aryl methyl sites for hydroxylation is 1. The van der Waals surface area contributed by atoms with E-state index in [0.29, 0.717) is 42.0 Å². The summed E-state index contributed by atoms with van der Waals surface area (Å²) in [6, 6.07) is 7.96. The highest BCUT2D eigenvalue weighted by atomic mass is 28.3. The monoisotopic (exact) mass is 549 g/mol. The SMILES string of the molecule is CCC1(OC(=O)CCCN)C(=O)OCc2c1cc1n(c2=O)Cc2c-1nc1ccc(O)cc1c2CC[Si](C)(C)C. The minimum Gasteiger partial charge on any atom is -0.508 e. The summed E-state index contributed by atoms with van der Waals surface area (Å²) in [6.45, 7) is 9.15. The number of aromatic hydroxyl groups is 1. The Hall–Kier alpha value is -3.50. The number of phenols is 1. The molecule has 2 aromatic heterocycles. The second-order valence-electron chi connectivity index (χ2n) is 11.6. The molecule has 1 atom stereocenters. The normalized spacial score (nSPS) is 17.9. The first-order valence-electron chi connectivity index (χ1n) is 13.5. The summed E-state index contributed by atoms with van der Waals surface area (Å²) < 4.78 is 12.9. The first-order valence-corrected chi connectivity index (χ1v) is 17.2. The number of hydrogen-bond donors (Lipinski definition) is 2. The van der Waals surface area contributed by atoms with Gasteiger partial charge < -0.3 is 24.9 Å². The molecule has 39 heavy (non-hydrogen) atoms. The van der Waals surface area contributed by atoms with Crippen molar-refractivity contribution in [3.8, 4) is 17.1 Å². The van der Waals surface area contributed by atoms with E-state index < -0.39 is 25.6 Å². The van der Waals surface area contributed by atoms with Gasteiger partial charge in [-0.05, 0) is 55.6 Å². The van der Waals surface area contributed by atoms with E-state index in [1.54, 1.807) is 35.8 Å². The van der Waals surface area contributed by atoms with Crippen LogP contribution in [0.5, 0.6) is 5.75 Å². The van der Waals surface area contributed by atoms with Crippen molar-refractivity contribution in [3.05, 3.63) is 56.9 Å². The molecule has 0 bridgehead atoms. The Kier molecular flexibility index (Phi) is 6.88. The number of hydrogen-bond acceptors (Lipinski definition) is 8. The summed E-state index contributed by atoms with van der Waals surface area (Å²) >= 11 is 0. The fourth-order valence-electron chi connectivity index (χ4n) is 5.58. The van der Waals surface area contributed by atoms with Crippen molar-refractivity contribution in [2.45, 2.75) is 77.0 Å². The molecule has 3 aromatic rings. The van der Waals surface area contributed by atoms with Crippen molar-refractivity contribution in [2.24, 2.45) is 5.73 Å². The number of aromatic nitrogens is 2. The third-order valence-electron chi connectivity index (χ3n) is 7.76. The zero-order valence-corrected chi connectivity index (χ0v) is 23.9. The van der Waals surface area contributed by atoms with E-state index in [2.05, 4.69) is 19.6 Å². The number of nitrogens with zero attached hydrogens (tertiary/aromatic N) is 2. The zero-order valence-electron chi connectivity index (χ0n) is 22.9. The van der Waals surface area contributed by atoms with Gasteiger partial charge in [-0.2, -0.15) is 0 Å². The molecule has 0 saturated carbocycles. The van der Waals surface area contributed by atoms with Gasteiger partial charge in [0.25, 0.3) is 5.56 Å². The van der Waals surface area contributed by atoms with Gasteiger partial charge in [0.15, 0.2) is 0 Å². The second-order valence-corrected chi connectivity index (χ2v) is 17.2. The van der Waals surface area contributed by atoms with Crippen LogP contribution < -0.4 is 11.3 Å². The number of esters is 2. The van der Waals surface area contributed by atoms with Crippen molar-refractivity contribution in [2.75, 3.05) is 6.54 Å². The van der Waals surface area contributed by atoms with Crippen LogP contribution >= 0.6 is 0 Å². The van der Waals surface area contributed by atoms with Crippen LogP contribution in [-0.4, -0.2) is 41.2 Å². The lowest BCUT2D eigenvalue weighted by molar-refractivity contribution is -0.189. The number of carbonyl (C=O) groups excluding carboxylic acids is 2. The molecular weight excluding hydrogens is 514 g/mol. The fourth-order valence-corrected chi connectivity index (χ4v) is 6.58. The number of carbonyl (C=O) groups is 2. The van der Waals surface area contributed by atoms with Gasteiger partial charge in [0.05, 0.1) is 29.0 Å². The molecule has 0 spiro atoms. The highest BCUT2D eigenvalue weighted by Crippen LogP contribution is 2.42. The molecule has 3 N–H and O–H groups in total. The van der Waals surface area contributed by atoms with Gasteiger partial charge in [-0.1, -0.05) is 32.6 Å². The van der Waals surface area contributed by atoms with Crippen LogP contribution in [0, 0.1) is 0 Å². The number of cyclic esters (lactones) is 1. The number of pyridine rings is 2. The predicted molar refractivity (Wildman–Crippen MR) is 150 cm³/mol. The number of fused-ring (bicyclic) bond motifs is 5. The Labute approximate surface area is 228 Å². The summed E-state index contributed by atoms with van der Waals surface area (Å²) in [5, 5.41) is 11.1. The van der Waals surface area contributed by atoms with E-state index in [1.807, 2.05) is 0 Å². The summed E-state index contributed by atoms with van der Waals surface area (Å²) in [4.78, 5) is 44.6. The smallest absolute Gasteiger partial charge is 0.355 e. The first-order chi connectivity index (χ1) is 18.5. The minimum absolute atomic E-state index is 0.0639. The summed E-state index contributed by atoms with van der Waals surface area (Å²) in [5.41, 5.74) is 8.25. The Morgan fingerprint density at radius 3 is 2.69 bits per heavy atom.